The summed E-state index contributed by atoms with van der Waals surface area (Å²) in [6.45, 7) is 9.27. The average Bonchev–Trinajstić information content (AvgIpc) is 3.28. The van der Waals surface area contributed by atoms with Crippen molar-refractivity contribution in [3.63, 3.8) is 0 Å². The molecule has 1 aromatic carbocycles. The molecule has 0 spiro atoms. The maximum atomic E-state index is 4.31. The van der Waals surface area contributed by atoms with Crippen molar-refractivity contribution in [2.45, 2.75) is 44.6 Å². The van der Waals surface area contributed by atoms with Crippen molar-refractivity contribution in [2.75, 3.05) is 26.7 Å². The van der Waals surface area contributed by atoms with E-state index in [2.05, 4.69) is 72.0 Å². The van der Waals surface area contributed by atoms with Gasteiger partial charge in [-0.05, 0) is 39.2 Å². The Labute approximate surface area is 134 Å². The maximum absolute atomic E-state index is 4.31. The van der Waals surface area contributed by atoms with Gasteiger partial charge in [-0.1, -0.05) is 30.3 Å². The van der Waals surface area contributed by atoms with Crippen molar-refractivity contribution >= 4 is 5.96 Å². The number of nitrogens with zero attached hydrogens (tertiary/aromatic N) is 1. The number of guanidine groups is 1. The average molecular weight is 302 g/mol. The Morgan fingerprint density at radius 2 is 1.77 bits per heavy atom. The van der Waals surface area contributed by atoms with Gasteiger partial charge in [-0.3, -0.25) is 4.99 Å². The fourth-order valence-corrected chi connectivity index (χ4v) is 2.60. The monoisotopic (exact) mass is 302 g/mol. The number of hydrogen-bond donors (Lipinski definition) is 3. The first-order valence-electron chi connectivity index (χ1n) is 8.20. The lowest BCUT2D eigenvalue weighted by Crippen LogP contribution is -2.46. The summed E-state index contributed by atoms with van der Waals surface area (Å²) < 4.78 is 0. The van der Waals surface area contributed by atoms with E-state index in [4.69, 9.17) is 0 Å². The van der Waals surface area contributed by atoms with Gasteiger partial charge in [-0.2, -0.15) is 0 Å². The van der Waals surface area contributed by atoms with E-state index in [1.165, 1.54) is 18.4 Å². The van der Waals surface area contributed by atoms with Crippen LogP contribution in [0, 0.1) is 0 Å². The second-order valence-corrected chi connectivity index (χ2v) is 7.18. The molecule has 1 fully saturated rings. The molecule has 4 heteroatoms. The molecule has 1 aromatic rings. The molecule has 0 aromatic heterocycles. The van der Waals surface area contributed by atoms with E-state index < -0.39 is 0 Å². The van der Waals surface area contributed by atoms with Crippen LogP contribution in [-0.4, -0.2) is 38.2 Å². The summed E-state index contributed by atoms with van der Waals surface area (Å²) in [7, 11) is 1.83. The van der Waals surface area contributed by atoms with Crippen molar-refractivity contribution < 1.29 is 0 Å². The zero-order valence-corrected chi connectivity index (χ0v) is 14.4. The van der Waals surface area contributed by atoms with Crippen molar-refractivity contribution in [2.24, 2.45) is 4.99 Å². The first-order chi connectivity index (χ1) is 10.5. The summed E-state index contributed by atoms with van der Waals surface area (Å²) in [5.74, 6) is 0.887. The van der Waals surface area contributed by atoms with Crippen LogP contribution < -0.4 is 16.0 Å². The van der Waals surface area contributed by atoms with Crippen LogP contribution in [-0.2, 0) is 5.41 Å². The molecule has 3 N–H and O–H groups in total. The molecule has 122 valence electrons. The van der Waals surface area contributed by atoms with Crippen LogP contribution in [0.5, 0.6) is 0 Å². The summed E-state index contributed by atoms with van der Waals surface area (Å²) >= 11 is 0. The minimum atomic E-state index is 0.157. The number of aliphatic imine (C=N–C) groups is 1. The van der Waals surface area contributed by atoms with Gasteiger partial charge in [-0.25, -0.2) is 0 Å². The molecule has 0 bridgehead atoms. The standard InChI is InChI=1S/C18H30N4/c1-17(2,3)22-13-12-20-16(19-4)21-14-18(10-11-18)15-8-6-5-7-9-15/h5-9,22H,10-14H2,1-4H3,(H2,19,20,21). The minimum Gasteiger partial charge on any atom is -0.356 e. The first-order valence-corrected chi connectivity index (χ1v) is 8.20. The maximum Gasteiger partial charge on any atom is 0.191 e. The topological polar surface area (TPSA) is 48.5 Å². The molecule has 2 rings (SSSR count). The van der Waals surface area contributed by atoms with Gasteiger partial charge in [0.1, 0.15) is 0 Å². The lowest BCUT2D eigenvalue weighted by molar-refractivity contribution is 0.428. The Hall–Kier alpha value is -1.55. The highest BCUT2D eigenvalue weighted by Crippen LogP contribution is 2.47. The van der Waals surface area contributed by atoms with E-state index in [1.54, 1.807) is 0 Å². The third-order valence-electron chi connectivity index (χ3n) is 4.13. The van der Waals surface area contributed by atoms with Crippen molar-refractivity contribution in [3.05, 3.63) is 35.9 Å². The zero-order valence-electron chi connectivity index (χ0n) is 14.4. The predicted octanol–water partition coefficient (Wildman–Crippen LogP) is 2.27. The second kappa shape index (κ2) is 7.14. The lowest BCUT2D eigenvalue weighted by Gasteiger charge is -2.22. The summed E-state index contributed by atoms with van der Waals surface area (Å²) in [5, 5.41) is 10.3. The van der Waals surface area contributed by atoms with Crippen LogP contribution in [0.4, 0.5) is 0 Å². The summed E-state index contributed by atoms with van der Waals surface area (Å²) in [6.07, 6.45) is 2.51. The van der Waals surface area contributed by atoms with Gasteiger partial charge in [0.25, 0.3) is 0 Å². The fraction of sp³-hybridized carbons (Fsp3) is 0.611. The highest BCUT2D eigenvalue weighted by molar-refractivity contribution is 5.79. The summed E-state index contributed by atoms with van der Waals surface area (Å²) in [6, 6.07) is 10.8. The number of nitrogens with one attached hydrogen (secondary N) is 3. The van der Waals surface area contributed by atoms with Crippen LogP contribution in [0.1, 0.15) is 39.2 Å². The molecule has 0 aliphatic heterocycles. The number of benzene rings is 1. The van der Waals surface area contributed by atoms with Gasteiger partial charge < -0.3 is 16.0 Å². The van der Waals surface area contributed by atoms with Gasteiger partial charge >= 0.3 is 0 Å². The summed E-state index contributed by atoms with van der Waals surface area (Å²) in [4.78, 5) is 4.31. The van der Waals surface area contributed by atoms with Crippen LogP contribution >= 0.6 is 0 Å². The van der Waals surface area contributed by atoms with Gasteiger partial charge in [0.2, 0.25) is 0 Å². The van der Waals surface area contributed by atoms with Crippen LogP contribution in [0.15, 0.2) is 35.3 Å². The Morgan fingerprint density at radius 1 is 1.09 bits per heavy atom. The Balaban J connectivity index is 1.75. The molecule has 0 radical (unpaired) electrons. The third kappa shape index (κ3) is 5.02. The highest BCUT2D eigenvalue weighted by atomic mass is 15.2. The largest absolute Gasteiger partial charge is 0.356 e. The van der Waals surface area contributed by atoms with Crippen LogP contribution in [0.3, 0.4) is 0 Å². The van der Waals surface area contributed by atoms with Crippen molar-refractivity contribution in [1.82, 2.24) is 16.0 Å². The van der Waals surface area contributed by atoms with Crippen LogP contribution in [0.2, 0.25) is 0 Å². The van der Waals surface area contributed by atoms with Gasteiger partial charge in [0.05, 0.1) is 0 Å². The Morgan fingerprint density at radius 3 is 2.32 bits per heavy atom. The van der Waals surface area contributed by atoms with Gasteiger partial charge in [0, 0.05) is 37.6 Å². The molecule has 22 heavy (non-hydrogen) atoms. The molecule has 0 amide bonds. The van der Waals surface area contributed by atoms with E-state index in [0.29, 0.717) is 5.41 Å². The number of hydrogen-bond acceptors (Lipinski definition) is 2. The SMILES string of the molecule is CN=C(NCCNC(C)(C)C)NCC1(c2ccccc2)CC1. The van der Waals surface area contributed by atoms with E-state index in [1.807, 2.05) is 7.05 Å². The number of rotatable bonds is 6. The van der Waals surface area contributed by atoms with E-state index in [0.717, 1.165) is 25.6 Å². The smallest absolute Gasteiger partial charge is 0.191 e. The van der Waals surface area contributed by atoms with E-state index in [9.17, 15) is 0 Å². The first kappa shape index (κ1) is 16.8. The molecule has 0 atom stereocenters. The Kier molecular flexibility index (Phi) is 5.46. The molecule has 4 nitrogen and oxygen atoms in total. The van der Waals surface area contributed by atoms with Crippen molar-refractivity contribution in [3.8, 4) is 0 Å². The summed E-state index contributed by atoms with van der Waals surface area (Å²) in [5.41, 5.74) is 1.90. The molecule has 1 saturated carbocycles. The molecule has 1 aliphatic rings. The lowest BCUT2D eigenvalue weighted by atomic mass is 9.96. The third-order valence-corrected chi connectivity index (χ3v) is 4.13. The van der Waals surface area contributed by atoms with Crippen LogP contribution in [0.25, 0.3) is 0 Å². The highest BCUT2D eigenvalue weighted by Gasteiger charge is 2.43. The fourth-order valence-electron chi connectivity index (χ4n) is 2.60. The Bertz CT molecular complexity index is 484. The molecule has 0 saturated heterocycles. The quantitative estimate of drug-likeness (QED) is 0.429. The predicted molar refractivity (Wildman–Crippen MR) is 94.5 cm³/mol. The normalized spacial score (nSPS) is 17.2. The molecular weight excluding hydrogens is 272 g/mol. The van der Waals surface area contributed by atoms with Gasteiger partial charge in [-0.15, -0.1) is 0 Å². The minimum absolute atomic E-state index is 0.157. The second-order valence-electron chi connectivity index (χ2n) is 7.18. The molecule has 1 aliphatic carbocycles. The molecule has 0 heterocycles. The molecular formula is C18H30N4. The molecule has 0 unspecified atom stereocenters. The van der Waals surface area contributed by atoms with E-state index >= 15 is 0 Å². The zero-order chi connectivity index (χ0) is 16.1. The van der Waals surface area contributed by atoms with Crippen molar-refractivity contribution in [1.29, 1.82) is 0 Å². The van der Waals surface area contributed by atoms with E-state index in [-0.39, 0.29) is 5.54 Å². The van der Waals surface area contributed by atoms with Gasteiger partial charge in [0.15, 0.2) is 5.96 Å².